The molecule has 1 heterocycles. The predicted molar refractivity (Wildman–Crippen MR) is 96.4 cm³/mol. The predicted octanol–water partition coefficient (Wildman–Crippen LogP) is 4.39. The molecule has 2 aliphatic rings. The molecule has 23 heavy (non-hydrogen) atoms. The Morgan fingerprint density at radius 3 is 2.52 bits per heavy atom. The van der Waals surface area contributed by atoms with Crippen molar-refractivity contribution in [1.29, 1.82) is 0 Å². The number of hydrogen-bond acceptors (Lipinski definition) is 2. The van der Waals surface area contributed by atoms with Crippen LogP contribution in [0.4, 0.5) is 0 Å². The average Bonchev–Trinajstić information content (AvgIpc) is 2.96. The molecule has 1 aromatic carbocycles. The fraction of sp³-hybridized carbons (Fsp3) is 0.571. The van der Waals surface area contributed by atoms with Gasteiger partial charge >= 0.3 is 0 Å². The molecule has 124 valence electrons. The highest BCUT2D eigenvalue weighted by Crippen LogP contribution is 2.42. The molecule has 0 atom stereocenters. The van der Waals surface area contributed by atoms with Crippen LogP contribution in [0.1, 0.15) is 57.6 Å². The molecule has 0 amide bonds. The van der Waals surface area contributed by atoms with Gasteiger partial charge in [0.1, 0.15) is 0 Å². The largest absolute Gasteiger partial charge is 0.317 e. The molecule has 1 aromatic rings. The van der Waals surface area contributed by atoms with E-state index < -0.39 is 0 Å². The summed E-state index contributed by atoms with van der Waals surface area (Å²) in [5, 5.41) is 3.43. The summed E-state index contributed by atoms with van der Waals surface area (Å²) in [6, 6.07) is 8.40. The Balaban J connectivity index is 1.82. The molecule has 0 unspecified atom stereocenters. The minimum Gasteiger partial charge on any atom is -0.317 e. The highest BCUT2D eigenvalue weighted by molar-refractivity contribution is 6.05. The number of hydrogen-bond donors (Lipinski definition) is 1. The van der Waals surface area contributed by atoms with Gasteiger partial charge in [0.05, 0.1) is 0 Å². The van der Waals surface area contributed by atoms with Crippen molar-refractivity contribution < 1.29 is 4.79 Å². The van der Waals surface area contributed by atoms with Crippen molar-refractivity contribution in [1.82, 2.24) is 5.32 Å². The molecule has 0 radical (unpaired) electrons. The minimum atomic E-state index is -0.146. The van der Waals surface area contributed by atoms with Gasteiger partial charge in [-0.1, -0.05) is 45.0 Å². The zero-order valence-corrected chi connectivity index (χ0v) is 14.7. The molecular formula is C21H29NO. The number of ketones is 1. The lowest BCUT2D eigenvalue weighted by molar-refractivity contribution is -0.127. The Morgan fingerprint density at radius 2 is 1.87 bits per heavy atom. The van der Waals surface area contributed by atoms with Gasteiger partial charge in [-0.15, -0.1) is 0 Å². The first-order valence-electron chi connectivity index (χ1n) is 8.94. The molecule has 1 N–H and O–H groups in total. The number of benzene rings is 1. The van der Waals surface area contributed by atoms with E-state index in [4.69, 9.17) is 0 Å². The summed E-state index contributed by atoms with van der Waals surface area (Å²) in [5.74, 6) is 0.416. The number of rotatable bonds is 4. The maximum Gasteiger partial charge on any atom is 0.165 e. The van der Waals surface area contributed by atoms with Gasteiger partial charge in [-0.3, -0.25) is 4.79 Å². The molecule has 0 saturated carbocycles. The second kappa shape index (κ2) is 6.24. The highest BCUT2D eigenvalue weighted by Gasteiger charge is 2.41. The topological polar surface area (TPSA) is 29.1 Å². The van der Waals surface area contributed by atoms with E-state index in [1.165, 1.54) is 11.1 Å². The van der Waals surface area contributed by atoms with Gasteiger partial charge in [-0.25, -0.2) is 0 Å². The molecule has 0 aromatic heterocycles. The van der Waals surface area contributed by atoms with Crippen molar-refractivity contribution in [3.63, 3.8) is 0 Å². The zero-order chi connectivity index (χ0) is 16.5. The van der Waals surface area contributed by atoms with Gasteiger partial charge in [0.15, 0.2) is 5.78 Å². The van der Waals surface area contributed by atoms with Crippen LogP contribution < -0.4 is 5.32 Å². The first-order chi connectivity index (χ1) is 10.9. The third-order valence-corrected chi connectivity index (χ3v) is 5.45. The summed E-state index contributed by atoms with van der Waals surface area (Å²) in [5.41, 5.74) is 3.70. The SMILES string of the molecule is CC(C)(C)CCC1(C(=O)C2=Cc3ccccc3C2)CCNCC1. The summed E-state index contributed by atoms with van der Waals surface area (Å²) in [6.45, 7) is 8.76. The number of piperidine rings is 1. The van der Waals surface area contributed by atoms with Crippen LogP contribution in [0.25, 0.3) is 6.08 Å². The first-order valence-corrected chi connectivity index (χ1v) is 8.94. The standard InChI is InChI=1S/C21H29NO/c1-20(2,3)8-9-21(10-12-22-13-11-21)19(23)18-14-16-6-4-5-7-17(16)15-18/h4-7,14,22H,8-13,15H2,1-3H3. The second-order valence-electron chi connectivity index (χ2n) is 8.47. The van der Waals surface area contributed by atoms with E-state index in [2.05, 4.69) is 56.4 Å². The molecule has 1 aliphatic heterocycles. The monoisotopic (exact) mass is 311 g/mol. The van der Waals surface area contributed by atoms with E-state index in [9.17, 15) is 4.79 Å². The van der Waals surface area contributed by atoms with Crippen LogP contribution >= 0.6 is 0 Å². The lowest BCUT2D eigenvalue weighted by Crippen LogP contribution is -2.43. The summed E-state index contributed by atoms with van der Waals surface area (Å²) in [6.07, 6.45) is 7.05. The van der Waals surface area contributed by atoms with Gasteiger partial charge in [-0.05, 0) is 61.4 Å². The maximum absolute atomic E-state index is 13.4. The average molecular weight is 311 g/mol. The van der Waals surface area contributed by atoms with Crippen LogP contribution in [-0.4, -0.2) is 18.9 Å². The normalized spacial score (nSPS) is 20.0. The van der Waals surface area contributed by atoms with E-state index in [0.29, 0.717) is 5.78 Å². The van der Waals surface area contributed by atoms with Crippen molar-refractivity contribution in [3.05, 3.63) is 41.0 Å². The smallest absolute Gasteiger partial charge is 0.165 e. The number of carbonyl (C=O) groups excluding carboxylic acids is 1. The van der Waals surface area contributed by atoms with Crippen molar-refractivity contribution in [2.75, 3.05) is 13.1 Å². The lowest BCUT2D eigenvalue weighted by atomic mass is 9.67. The van der Waals surface area contributed by atoms with E-state index in [0.717, 1.165) is 50.8 Å². The van der Waals surface area contributed by atoms with E-state index in [-0.39, 0.29) is 10.8 Å². The molecule has 1 aliphatic carbocycles. The van der Waals surface area contributed by atoms with E-state index >= 15 is 0 Å². The molecule has 2 heteroatoms. The summed E-state index contributed by atoms with van der Waals surface area (Å²) in [4.78, 5) is 13.4. The Hall–Kier alpha value is -1.41. The number of nitrogens with one attached hydrogen (secondary N) is 1. The third-order valence-electron chi connectivity index (χ3n) is 5.45. The van der Waals surface area contributed by atoms with Crippen molar-refractivity contribution >= 4 is 11.9 Å². The van der Waals surface area contributed by atoms with E-state index in [1.54, 1.807) is 0 Å². The van der Waals surface area contributed by atoms with Crippen LogP contribution in [0, 0.1) is 10.8 Å². The Morgan fingerprint density at radius 1 is 1.17 bits per heavy atom. The van der Waals surface area contributed by atoms with Gasteiger partial charge < -0.3 is 5.32 Å². The number of allylic oxidation sites excluding steroid dienone is 1. The zero-order valence-electron chi connectivity index (χ0n) is 14.7. The van der Waals surface area contributed by atoms with Crippen molar-refractivity contribution in [2.45, 2.75) is 52.9 Å². The minimum absolute atomic E-state index is 0.146. The van der Waals surface area contributed by atoms with Crippen molar-refractivity contribution in [2.24, 2.45) is 10.8 Å². The third kappa shape index (κ3) is 3.58. The Bertz CT molecular complexity index is 615. The van der Waals surface area contributed by atoms with Crippen LogP contribution in [0.3, 0.4) is 0 Å². The van der Waals surface area contributed by atoms with Crippen molar-refractivity contribution in [3.8, 4) is 0 Å². The van der Waals surface area contributed by atoms with Crippen LogP contribution in [-0.2, 0) is 11.2 Å². The number of carbonyl (C=O) groups is 1. The maximum atomic E-state index is 13.4. The molecule has 3 rings (SSSR count). The van der Waals surface area contributed by atoms with Gasteiger partial charge in [-0.2, -0.15) is 0 Å². The van der Waals surface area contributed by atoms with Gasteiger partial charge in [0.2, 0.25) is 0 Å². The lowest BCUT2D eigenvalue weighted by Gasteiger charge is -2.38. The molecule has 1 saturated heterocycles. The fourth-order valence-corrected chi connectivity index (χ4v) is 3.88. The molecule has 1 fully saturated rings. The summed E-state index contributed by atoms with van der Waals surface area (Å²) < 4.78 is 0. The van der Waals surface area contributed by atoms with Crippen LogP contribution in [0.5, 0.6) is 0 Å². The number of fused-ring (bicyclic) bond motifs is 1. The Kier molecular flexibility index (Phi) is 4.46. The van der Waals surface area contributed by atoms with Gasteiger partial charge in [0, 0.05) is 17.4 Å². The van der Waals surface area contributed by atoms with Crippen LogP contribution in [0.2, 0.25) is 0 Å². The van der Waals surface area contributed by atoms with E-state index in [1.807, 2.05) is 0 Å². The molecule has 0 bridgehead atoms. The quantitative estimate of drug-likeness (QED) is 0.893. The Labute approximate surface area is 140 Å². The molecule has 0 spiro atoms. The highest BCUT2D eigenvalue weighted by atomic mass is 16.1. The first kappa shape index (κ1) is 16.4. The number of Topliss-reactive ketones (excluding diaryl/α,β-unsaturated/α-hetero) is 1. The van der Waals surface area contributed by atoms with Crippen LogP contribution in [0.15, 0.2) is 29.8 Å². The summed E-state index contributed by atoms with van der Waals surface area (Å²) in [7, 11) is 0. The molecule has 2 nitrogen and oxygen atoms in total. The molecular weight excluding hydrogens is 282 g/mol. The fourth-order valence-electron chi connectivity index (χ4n) is 3.88. The summed E-state index contributed by atoms with van der Waals surface area (Å²) >= 11 is 0. The second-order valence-corrected chi connectivity index (χ2v) is 8.47. The van der Waals surface area contributed by atoms with Gasteiger partial charge in [0.25, 0.3) is 0 Å².